The Kier molecular flexibility index (Phi) is 6.09. The van der Waals surface area contributed by atoms with Crippen LogP contribution in [-0.4, -0.2) is 32.2 Å². The molecule has 0 radical (unpaired) electrons. The third kappa shape index (κ3) is 4.29. The van der Waals surface area contributed by atoms with Crippen LogP contribution in [0.2, 0.25) is 0 Å². The second-order valence-corrected chi connectivity index (χ2v) is 7.80. The maximum atomic E-state index is 13.0. The number of aromatic nitrogens is 4. The van der Waals surface area contributed by atoms with Crippen LogP contribution in [0.3, 0.4) is 0 Å². The first-order chi connectivity index (χ1) is 15.5. The molecule has 0 saturated heterocycles. The van der Waals surface area contributed by atoms with Gasteiger partial charge in [0.25, 0.3) is 0 Å². The quantitative estimate of drug-likeness (QED) is 0.451. The number of benzene rings is 1. The maximum absolute atomic E-state index is 13.0. The monoisotopic (exact) mass is 426 g/mol. The SMILES string of the molecule is Cc1ccc(CCNC(C(N)=O)(c2ccccc2)c2ccc(-c3cnn(C)c3)cn2)cn1. The zero-order chi connectivity index (χ0) is 22.6. The minimum atomic E-state index is -1.26. The normalized spacial score (nSPS) is 12.9. The molecule has 0 aliphatic carbocycles. The van der Waals surface area contributed by atoms with Crippen molar-refractivity contribution >= 4 is 5.91 Å². The summed E-state index contributed by atoms with van der Waals surface area (Å²) in [5.41, 5.74) is 9.97. The number of nitrogens with zero attached hydrogens (tertiary/aromatic N) is 4. The molecule has 1 atom stereocenters. The lowest BCUT2D eigenvalue weighted by Crippen LogP contribution is -2.54. The van der Waals surface area contributed by atoms with Crippen molar-refractivity contribution in [3.63, 3.8) is 0 Å². The van der Waals surface area contributed by atoms with E-state index < -0.39 is 11.4 Å². The van der Waals surface area contributed by atoms with Crippen LogP contribution < -0.4 is 11.1 Å². The molecule has 0 spiro atoms. The Hall–Kier alpha value is -3.84. The van der Waals surface area contributed by atoms with E-state index in [0.29, 0.717) is 18.7 Å². The number of nitrogens with two attached hydrogens (primary N) is 1. The largest absolute Gasteiger partial charge is 0.367 e. The fourth-order valence-corrected chi connectivity index (χ4v) is 3.78. The van der Waals surface area contributed by atoms with Crippen LogP contribution in [-0.2, 0) is 23.8 Å². The molecule has 7 heteroatoms. The number of pyridine rings is 2. The van der Waals surface area contributed by atoms with Crippen molar-refractivity contribution in [2.75, 3.05) is 6.54 Å². The predicted octanol–water partition coefficient (Wildman–Crippen LogP) is 2.75. The third-order valence-corrected chi connectivity index (χ3v) is 5.54. The van der Waals surface area contributed by atoms with Crippen LogP contribution in [0, 0.1) is 6.92 Å². The summed E-state index contributed by atoms with van der Waals surface area (Å²) < 4.78 is 1.74. The van der Waals surface area contributed by atoms with E-state index in [4.69, 9.17) is 5.73 Å². The number of aryl methyl sites for hydroxylation is 2. The van der Waals surface area contributed by atoms with E-state index in [2.05, 4.69) is 20.4 Å². The molecule has 4 aromatic rings. The highest BCUT2D eigenvalue weighted by atomic mass is 16.1. The van der Waals surface area contributed by atoms with E-state index >= 15 is 0 Å². The molecule has 7 nitrogen and oxygen atoms in total. The molecule has 3 N–H and O–H groups in total. The lowest BCUT2D eigenvalue weighted by Gasteiger charge is -2.32. The minimum absolute atomic E-state index is 0.507. The second kappa shape index (κ2) is 9.11. The van der Waals surface area contributed by atoms with E-state index in [1.807, 2.05) is 81.0 Å². The first-order valence-electron chi connectivity index (χ1n) is 10.5. The summed E-state index contributed by atoms with van der Waals surface area (Å²) in [6, 6.07) is 17.3. The minimum Gasteiger partial charge on any atom is -0.367 e. The average molecular weight is 427 g/mol. The van der Waals surface area contributed by atoms with Gasteiger partial charge < -0.3 is 5.73 Å². The van der Waals surface area contributed by atoms with Gasteiger partial charge in [-0.25, -0.2) is 0 Å². The van der Waals surface area contributed by atoms with Crippen molar-refractivity contribution in [3.8, 4) is 11.1 Å². The smallest absolute Gasteiger partial charge is 0.248 e. The highest BCUT2D eigenvalue weighted by molar-refractivity contribution is 5.89. The summed E-state index contributed by atoms with van der Waals surface area (Å²) in [4.78, 5) is 22.0. The summed E-state index contributed by atoms with van der Waals surface area (Å²) in [6.07, 6.45) is 8.00. The summed E-state index contributed by atoms with van der Waals surface area (Å²) >= 11 is 0. The molecule has 162 valence electrons. The van der Waals surface area contributed by atoms with Gasteiger partial charge in [-0.1, -0.05) is 42.5 Å². The van der Waals surface area contributed by atoms with Crippen molar-refractivity contribution in [2.24, 2.45) is 12.8 Å². The number of primary amides is 1. The Bertz CT molecular complexity index is 1190. The molecule has 1 unspecified atom stereocenters. The van der Waals surface area contributed by atoms with Crippen LogP contribution in [0.1, 0.15) is 22.5 Å². The van der Waals surface area contributed by atoms with E-state index in [-0.39, 0.29) is 0 Å². The van der Waals surface area contributed by atoms with Gasteiger partial charge in [-0.15, -0.1) is 0 Å². The molecule has 0 bridgehead atoms. The van der Waals surface area contributed by atoms with Crippen LogP contribution in [0.25, 0.3) is 11.1 Å². The van der Waals surface area contributed by atoms with E-state index in [1.165, 1.54) is 0 Å². The third-order valence-electron chi connectivity index (χ3n) is 5.54. The van der Waals surface area contributed by atoms with Gasteiger partial charge in [0.1, 0.15) is 0 Å². The molecule has 0 saturated carbocycles. The van der Waals surface area contributed by atoms with Gasteiger partial charge in [0.05, 0.1) is 11.9 Å². The van der Waals surface area contributed by atoms with Crippen LogP contribution in [0.5, 0.6) is 0 Å². The number of hydrogen-bond donors (Lipinski definition) is 2. The summed E-state index contributed by atoms with van der Waals surface area (Å²) in [7, 11) is 1.87. The first kappa shape index (κ1) is 21.4. The number of hydrogen-bond acceptors (Lipinski definition) is 5. The molecule has 3 aromatic heterocycles. The van der Waals surface area contributed by atoms with Crippen molar-refractivity contribution < 1.29 is 4.79 Å². The van der Waals surface area contributed by atoms with Crippen LogP contribution >= 0.6 is 0 Å². The fourth-order valence-electron chi connectivity index (χ4n) is 3.78. The zero-order valence-corrected chi connectivity index (χ0v) is 18.2. The summed E-state index contributed by atoms with van der Waals surface area (Å²) in [6.45, 7) is 2.48. The zero-order valence-electron chi connectivity index (χ0n) is 18.2. The molecular weight excluding hydrogens is 400 g/mol. The van der Waals surface area contributed by atoms with Crippen molar-refractivity contribution in [1.29, 1.82) is 0 Å². The summed E-state index contributed by atoms with van der Waals surface area (Å²) in [5.74, 6) is -0.507. The van der Waals surface area contributed by atoms with Crippen LogP contribution in [0.4, 0.5) is 0 Å². The summed E-state index contributed by atoms with van der Waals surface area (Å²) in [5, 5.41) is 7.62. The Morgan fingerprint density at radius 3 is 2.41 bits per heavy atom. The van der Waals surface area contributed by atoms with Crippen molar-refractivity contribution in [1.82, 2.24) is 25.1 Å². The molecule has 0 fully saturated rings. The fraction of sp³-hybridized carbons (Fsp3) is 0.200. The van der Waals surface area contributed by atoms with Crippen molar-refractivity contribution in [3.05, 3.63) is 102 Å². The maximum Gasteiger partial charge on any atom is 0.248 e. The average Bonchev–Trinajstić information content (AvgIpc) is 3.25. The van der Waals surface area contributed by atoms with Gasteiger partial charge in [0.2, 0.25) is 5.91 Å². The topological polar surface area (TPSA) is 98.7 Å². The molecular formula is C25H26N6O. The van der Waals surface area contributed by atoms with Gasteiger partial charge in [0.15, 0.2) is 5.54 Å². The Balaban J connectivity index is 1.68. The molecule has 0 aliphatic rings. The van der Waals surface area contributed by atoms with Gasteiger partial charge in [-0.3, -0.25) is 24.8 Å². The van der Waals surface area contributed by atoms with Gasteiger partial charge in [-0.05, 0) is 36.6 Å². The number of nitrogens with one attached hydrogen (secondary N) is 1. The highest BCUT2D eigenvalue weighted by Gasteiger charge is 2.41. The Morgan fingerprint density at radius 2 is 1.81 bits per heavy atom. The number of carbonyl (C=O) groups is 1. The first-order valence-corrected chi connectivity index (χ1v) is 10.5. The Morgan fingerprint density at radius 1 is 1.00 bits per heavy atom. The van der Waals surface area contributed by atoms with Crippen LogP contribution in [0.15, 0.2) is 79.4 Å². The second-order valence-electron chi connectivity index (χ2n) is 7.80. The molecule has 4 rings (SSSR count). The Labute approximate surface area is 187 Å². The predicted molar refractivity (Wildman–Crippen MR) is 124 cm³/mol. The van der Waals surface area contributed by atoms with E-state index in [0.717, 1.165) is 27.9 Å². The number of rotatable bonds is 8. The van der Waals surface area contributed by atoms with E-state index in [1.54, 1.807) is 17.1 Å². The van der Waals surface area contributed by atoms with Gasteiger partial charge in [0, 0.05) is 49.0 Å². The molecule has 1 amide bonds. The van der Waals surface area contributed by atoms with Gasteiger partial charge >= 0.3 is 0 Å². The highest BCUT2D eigenvalue weighted by Crippen LogP contribution is 2.30. The van der Waals surface area contributed by atoms with E-state index in [9.17, 15) is 4.79 Å². The standard InChI is InChI=1S/C25H26N6O/c1-18-8-9-19(14-27-18)12-13-29-25(24(26)32,22-6-4-3-5-7-22)23-11-10-20(15-28-23)21-16-30-31(2)17-21/h3-11,14-17,29H,12-13H2,1-2H3,(H2,26,32). The number of amides is 1. The molecule has 3 heterocycles. The molecule has 0 aliphatic heterocycles. The van der Waals surface area contributed by atoms with Crippen molar-refractivity contribution in [2.45, 2.75) is 18.9 Å². The number of carbonyl (C=O) groups excluding carboxylic acids is 1. The molecule has 1 aromatic carbocycles. The molecule has 32 heavy (non-hydrogen) atoms. The lowest BCUT2D eigenvalue weighted by molar-refractivity contribution is -0.123. The lowest BCUT2D eigenvalue weighted by atomic mass is 9.84. The van der Waals surface area contributed by atoms with Gasteiger partial charge in [-0.2, -0.15) is 5.10 Å².